The zero-order valence-corrected chi connectivity index (χ0v) is 16.9. The summed E-state index contributed by atoms with van der Waals surface area (Å²) in [6, 6.07) is 16.1. The molecule has 29 heavy (non-hydrogen) atoms. The molecule has 0 saturated carbocycles. The summed E-state index contributed by atoms with van der Waals surface area (Å²) in [6.45, 7) is 4.17. The van der Waals surface area contributed by atoms with Gasteiger partial charge in [-0.15, -0.1) is 0 Å². The number of carboxylic acid groups (broad SMARTS) is 1. The molecule has 1 amide bonds. The minimum atomic E-state index is -1.01. The third-order valence-corrected chi connectivity index (χ3v) is 6.46. The van der Waals surface area contributed by atoms with Crippen LogP contribution < -0.4 is 0 Å². The molecule has 1 N–H and O–H groups in total. The maximum absolute atomic E-state index is 13.0. The number of amides is 1. The number of rotatable bonds is 4. The minimum absolute atomic E-state index is 0.00192. The summed E-state index contributed by atoms with van der Waals surface area (Å²) in [5.74, 6) is -0.886. The Morgan fingerprint density at radius 3 is 2.21 bits per heavy atom. The molecule has 5 nitrogen and oxygen atoms in total. The highest BCUT2D eigenvalue weighted by atomic mass is 16.6. The first kappa shape index (κ1) is 19.5. The van der Waals surface area contributed by atoms with Crippen molar-refractivity contribution in [3.63, 3.8) is 0 Å². The summed E-state index contributed by atoms with van der Waals surface area (Å²) in [6.07, 6.45) is 2.07. The quantitative estimate of drug-likeness (QED) is 0.802. The fourth-order valence-corrected chi connectivity index (χ4v) is 4.72. The van der Waals surface area contributed by atoms with E-state index in [1.54, 1.807) is 18.7 Å². The van der Waals surface area contributed by atoms with Gasteiger partial charge in [-0.3, -0.25) is 4.79 Å². The van der Waals surface area contributed by atoms with Crippen molar-refractivity contribution in [2.24, 2.45) is 5.41 Å². The van der Waals surface area contributed by atoms with Gasteiger partial charge in [-0.2, -0.15) is 0 Å². The highest BCUT2D eigenvalue weighted by Gasteiger charge is 2.44. The van der Waals surface area contributed by atoms with E-state index in [0.717, 1.165) is 12.8 Å². The van der Waals surface area contributed by atoms with Crippen molar-refractivity contribution in [3.8, 4) is 11.1 Å². The molecule has 2 aromatic carbocycles. The lowest BCUT2D eigenvalue weighted by Crippen LogP contribution is -2.54. The summed E-state index contributed by atoms with van der Waals surface area (Å²) in [5.41, 5.74) is 3.70. The monoisotopic (exact) mass is 393 g/mol. The minimum Gasteiger partial charge on any atom is -0.481 e. The Morgan fingerprint density at radius 2 is 1.62 bits per heavy atom. The molecule has 2 aromatic rings. The lowest BCUT2D eigenvalue weighted by Gasteiger charge is -2.42. The summed E-state index contributed by atoms with van der Waals surface area (Å²) < 4.78 is 5.78. The number of carbonyl (C=O) groups excluding carboxylic acids is 1. The van der Waals surface area contributed by atoms with Gasteiger partial charge >= 0.3 is 12.1 Å². The van der Waals surface area contributed by atoms with Crippen LogP contribution >= 0.6 is 0 Å². The van der Waals surface area contributed by atoms with Crippen LogP contribution in [-0.4, -0.2) is 41.3 Å². The van der Waals surface area contributed by atoms with Crippen molar-refractivity contribution in [3.05, 3.63) is 59.7 Å². The van der Waals surface area contributed by atoms with E-state index in [2.05, 4.69) is 24.3 Å². The second kappa shape index (κ2) is 7.54. The van der Waals surface area contributed by atoms with Crippen LogP contribution in [0.5, 0.6) is 0 Å². The van der Waals surface area contributed by atoms with Crippen LogP contribution in [-0.2, 0) is 9.53 Å². The molecule has 1 atom stereocenters. The van der Waals surface area contributed by atoms with Crippen LogP contribution in [0.4, 0.5) is 4.79 Å². The van der Waals surface area contributed by atoms with Gasteiger partial charge in [0.15, 0.2) is 0 Å². The van der Waals surface area contributed by atoms with E-state index in [1.165, 1.54) is 22.3 Å². The first-order valence-electron chi connectivity index (χ1n) is 10.3. The number of hydrogen-bond acceptors (Lipinski definition) is 3. The SMILES string of the molecule is CC(C)(C(=O)O)C1CCCCN1C(=O)OCC1c2ccccc2-c2ccccc21. The molecular formula is C24H27NO4. The van der Waals surface area contributed by atoms with E-state index >= 15 is 0 Å². The molecular weight excluding hydrogens is 366 g/mol. The lowest BCUT2D eigenvalue weighted by molar-refractivity contribution is -0.151. The van der Waals surface area contributed by atoms with Gasteiger partial charge in [0.05, 0.1) is 11.5 Å². The molecule has 0 bridgehead atoms. The highest BCUT2D eigenvalue weighted by molar-refractivity contribution is 5.79. The van der Waals surface area contributed by atoms with Gasteiger partial charge in [0.25, 0.3) is 0 Å². The number of hydrogen-bond donors (Lipinski definition) is 1. The lowest BCUT2D eigenvalue weighted by atomic mass is 9.79. The average Bonchev–Trinajstić information content (AvgIpc) is 3.06. The fourth-order valence-electron chi connectivity index (χ4n) is 4.72. The van der Waals surface area contributed by atoms with Crippen molar-refractivity contribution in [2.75, 3.05) is 13.2 Å². The van der Waals surface area contributed by atoms with Gasteiger partial charge in [-0.1, -0.05) is 48.5 Å². The van der Waals surface area contributed by atoms with Crippen molar-refractivity contribution < 1.29 is 19.4 Å². The van der Waals surface area contributed by atoms with E-state index in [1.807, 2.05) is 24.3 Å². The maximum Gasteiger partial charge on any atom is 0.410 e. The molecule has 1 aliphatic carbocycles. The summed E-state index contributed by atoms with van der Waals surface area (Å²) >= 11 is 0. The Labute approximate surface area is 171 Å². The van der Waals surface area contributed by atoms with E-state index in [9.17, 15) is 14.7 Å². The molecule has 1 saturated heterocycles. The molecule has 1 aliphatic heterocycles. The van der Waals surface area contributed by atoms with Gasteiger partial charge in [0, 0.05) is 12.5 Å². The number of fused-ring (bicyclic) bond motifs is 3. The molecule has 4 rings (SSSR count). The largest absolute Gasteiger partial charge is 0.481 e. The van der Waals surface area contributed by atoms with Gasteiger partial charge < -0.3 is 14.7 Å². The molecule has 1 heterocycles. The fraction of sp³-hybridized carbons (Fsp3) is 0.417. The summed E-state index contributed by atoms with van der Waals surface area (Å²) in [7, 11) is 0. The average molecular weight is 393 g/mol. The van der Waals surface area contributed by atoms with Crippen LogP contribution in [0.2, 0.25) is 0 Å². The Kier molecular flexibility index (Phi) is 5.07. The number of nitrogens with zero attached hydrogens (tertiary/aromatic N) is 1. The molecule has 2 aliphatic rings. The number of piperidine rings is 1. The Balaban J connectivity index is 1.53. The zero-order valence-electron chi connectivity index (χ0n) is 16.9. The first-order valence-corrected chi connectivity index (χ1v) is 10.3. The number of carbonyl (C=O) groups is 2. The maximum atomic E-state index is 13.0. The van der Waals surface area contributed by atoms with E-state index < -0.39 is 17.5 Å². The Morgan fingerprint density at radius 1 is 1.03 bits per heavy atom. The van der Waals surface area contributed by atoms with E-state index in [0.29, 0.717) is 13.0 Å². The van der Waals surface area contributed by atoms with Crippen LogP contribution in [0.15, 0.2) is 48.5 Å². The summed E-state index contributed by atoms with van der Waals surface area (Å²) in [5, 5.41) is 9.64. The predicted molar refractivity (Wildman–Crippen MR) is 111 cm³/mol. The number of benzene rings is 2. The molecule has 0 aromatic heterocycles. The van der Waals surface area contributed by atoms with Gasteiger partial charge in [-0.25, -0.2) is 4.79 Å². The van der Waals surface area contributed by atoms with E-state index in [4.69, 9.17) is 4.74 Å². The van der Waals surface area contributed by atoms with Gasteiger partial charge in [0.2, 0.25) is 0 Å². The Bertz CT molecular complexity index is 890. The predicted octanol–water partition coefficient (Wildman–Crippen LogP) is 4.90. The molecule has 0 radical (unpaired) electrons. The smallest absolute Gasteiger partial charge is 0.410 e. The second-order valence-corrected chi connectivity index (χ2v) is 8.54. The van der Waals surface area contributed by atoms with Crippen LogP contribution in [0.3, 0.4) is 0 Å². The highest BCUT2D eigenvalue weighted by Crippen LogP contribution is 2.44. The molecule has 152 valence electrons. The van der Waals surface area contributed by atoms with Crippen molar-refractivity contribution in [1.82, 2.24) is 4.90 Å². The third-order valence-electron chi connectivity index (χ3n) is 6.46. The number of carboxylic acids is 1. The zero-order chi connectivity index (χ0) is 20.6. The number of ether oxygens (including phenoxy) is 1. The van der Waals surface area contributed by atoms with Gasteiger partial charge in [-0.05, 0) is 55.4 Å². The Hall–Kier alpha value is -2.82. The number of likely N-dealkylation sites (tertiary alicyclic amines) is 1. The summed E-state index contributed by atoms with van der Waals surface area (Å²) in [4.78, 5) is 26.3. The third kappa shape index (κ3) is 3.39. The van der Waals surface area contributed by atoms with Crippen LogP contribution in [0, 0.1) is 5.41 Å². The van der Waals surface area contributed by atoms with Crippen molar-refractivity contribution in [1.29, 1.82) is 0 Å². The van der Waals surface area contributed by atoms with Crippen LogP contribution in [0.1, 0.15) is 50.2 Å². The van der Waals surface area contributed by atoms with Gasteiger partial charge in [0.1, 0.15) is 6.61 Å². The van der Waals surface area contributed by atoms with Crippen molar-refractivity contribution >= 4 is 12.1 Å². The topological polar surface area (TPSA) is 66.8 Å². The number of aliphatic carboxylic acids is 1. The molecule has 5 heteroatoms. The standard InChI is InChI=1S/C24H27NO4/c1-24(2,22(26)27)21-13-7-8-14-25(21)23(28)29-15-20-18-11-5-3-9-16(18)17-10-4-6-12-19(17)20/h3-6,9-12,20-21H,7-8,13-15H2,1-2H3,(H,26,27). The molecule has 1 fully saturated rings. The first-order chi connectivity index (χ1) is 13.9. The molecule has 0 spiro atoms. The van der Waals surface area contributed by atoms with Crippen molar-refractivity contribution in [2.45, 2.75) is 45.1 Å². The normalized spacial score (nSPS) is 18.8. The van der Waals surface area contributed by atoms with E-state index in [-0.39, 0.29) is 18.6 Å². The van der Waals surface area contributed by atoms with Crippen LogP contribution in [0.25, 0.3) is 11.1 Å². The second-order valence-electron chi connectivity index (χ2n) is 8.54. The molecule has 1 unspecified atom stereocenters.